The molecule has 2 bridgehead atoms. The van der Waals surface area contributed by atoms with Crippen molar-refractivity contribution in [3.8, 4) is 6.07 Å². The third kappa shape index (κ3) is 3.56. The van der Waals surface area contributed by atoms with Gasteiger partial charge in [-0.15, -0.1) is 0 Å². The highest BCUT2D eigenvalue weighted by atomic mass is 19.1. The lowest BCUT2D eigenvalue weighted by molar-refractivity contribution is -0.131. The number of hydrogen-bond donors (Lipinski definition) is 1. The average Bonchev–Trinajstić information content (AvgIpc) is 3.49. The van der Waals surface area contributed by atoms with Gasteiger partial charge >= 0.3 is 6.09 Å². The van der Waals surface area contributed by atoms with E-state index in [1.54, 1.807) is 24.3 Å². The van der Waals surface area contributed by atoms with Gasteiger partial charge in [-0.3, -0.25) is 14.9 Å². The Hall–Kier alpha value is -4.29. The van der Waals surface area contributed by atoms with E-state index in [9.17, 15) is 24.0 Å². The summed E-state index contributed by atoms with van der Waals surface area (Å²) in [6, 6.07) is 18.0. The van der Waals surface area contributed by atoms with Crippen molar-refractivity contribution in [1.29, 1.82) is 5.26 Å². The van der Waals surface area contributed by atoms with Crippen LogP contribution in [0.2, 0.25) is 0 Å². The summed E-state index contributed by atoms with van der Waals surface area (Å²) in [7, 11) is 0. The van der Waals surface area contributed by atoms with Crippen LogP contribution in [0.1, 0.15) is 31.7 Å². The summed E-state index contributed by atoms with van der Waals surface area (Å²) in [5.74, 6) is -2.42. The maximum atomic E-state index is 13.9. The van der Waals surface area contributed by atoms with Gasteiger partial charge in [-0.2, -0.15) is 5.26 Å². The molecule has 0 saturated carbocycles. The second-order valence-corrected chi connectivity index (χ2v) is 10.3. The number of nitrogens with one attached hydrogen (secondary N) is 1. The molecule has 3 aromatic rings. The zero-order valence-electron chi connectivity index (χ0n) is 20.6. The molecule has 192 valence electrons. The van der Waals surface area contributed by atoms with E-state index in [1.165, 1.54) is 29.2 Å². The van der Waals surface area contributed by atoms with Crippen molar-refractivity contribution >= 4 is 40.1 Å². The lowest BCUT2D eigenvalue weighted by Gasteiger charge is -2.31. The monoisotopic (exact) mass is 513 g/mol. The Morgan fingerprint density at radius 3 is 2.53 bits per heavy atom. The molecule has 3 amide bonds. The topological polar surface area (TPSA) is 109 Å². The van der Waals surface area contributed by atoms with Crippen LogP contribution < -0.4 is 10.2 Å². The van der Waals surface area contributed by atoms with Crippen LogP contribution in [-0.2, 0) is 19.1 Å². The van der Waals surface area contributed by atoms with Crippen molar-refractivity contribution < 1.29 is 28.2 Å². The van der Waals surface area contributed by atoms with Gasteiger partial charge in [0.15, 0.2) is 0 Å². The lowest BCUT2D eigenvalue weighted by Crippen LogP contribution is -2.43. The molecule has 3 aliphatic heterocycles. The molecule has 9 heteroatoms. The first kappa shape index (κ1) is 24.1. The van der Waals surface area contributed by atoms with Gasteiger partial charge in [0.1, 0.15) is 5.82 Å². The number of imide groups is 1. The molecule has 6 rings (SSSR count). The van der Waals surface area contributed by atoms with Crippen molar-refractivity contribution in [1.82, 2.24) is 0 Å². The van der Waals surface area contributed by atoms with Crippen LogP contribution in [-0.4, -0.2) is 35.7 Å². The summed E-state index contributed by atoms with van der Waals surface area (Å²) in [5, 5.41) is 13.4. The highest BCUT2D eigenvalue weighted by Crippen LogP contribution is 2.62. The summed E-state index contributed by atoms with van der Waals surface area (Å²) in [4.78, 5) is 41.2. The van der Waals surface area contributed by atoms with Gasteiger partial charge in [0.2, 0.25) is 11.8 Å². The summed E-state index contributed by atoms with van der Waals surface area (Å²) in [5.41, 5.74) is -0.421. The quantitative estimate of drug-likeness (QED) is 0.486. The number of nitriles is 1. The van der Waals surface area contributed by atoms with E-state index >= 15 is 0 Å². The predicted molar refractivity (Wildman–Crippen MR) is 136 cm³/mol. The summed E-state index contributed by atoms with van der Waals surface area (Å²) in [6.45, 7) is 1.85. The molecule has 2 unspecified atom stereocenters. The van der Waals surface area contributed by atoms with Gasteiger partial charge < -0.3 is 9.47 Å². The fourth-order valence-electron chi connectivity index (χ4n) is 6.43. The maximum Gasteiger partial charge on any atom is 0.411 e. The van der Waals surface area contributed by atoms with Gasteiger partial charge in [-0.1, -0.05) is 24.3 Å². The van der Waals surface area contributed by atoms with Crippen molar-refractivity contribution in [3.63, 3.8) is 0 Å². The molecular formula is C29H24FN3O5. The van der Waals surface area contributed by atoms with Gasteiger partial charge in [0.05, 0.1) is 47.0 Å². The van der Waals surface area contributed by atoms with Crippen LogP contribution in [0, 0.1) is 29.0 Å². The minimum atomic E-state index is -0.931. The molecular weight excluding hydrogens is 489 g/mol. The number of halogens is 1. The number of anilines is 2. The third-order valence-corrected chi connectivity index (χ3v) is 8.12. The van der Waals surface area contributed by atoms with E-state index in [1.807, 2.05) is 19.1 Å². The number of rotatable bonds is 5. The van der Waals surface area contributed by atoms with Crippen LogP contribution in [0.3, 0.4) is 0 Å². The highest BCUT2D eigenvalue weighted by Gasteiger charge is 2.73. The molecule has 1 N–H and O–H groups in total. The minimum Gasteiger partial charge on any atom is -0.449 e. The Morgan fingerprint density at radius 1 is 1.08 bits per heavy atom. The van der Waals surface area contributed by atoms with Gasteiger partial charge in [-0.05, 0) is 56.2 Å². The predicted octanol–water partition coefficient (Wildman–Crippen LogP) is 4.92. The first-order chi connectivity index (χ1) is 18.3. The molecule has 0 spiro atoms. The second kappa shape index (κ2) is 8.64. The molecule has 3 aromatic carbocycles. The normalized spacial score (nSPS) is 27.4. The molecule has 3 fully saturated rings. The largest absolute Gasteiger partial charge is 0.449 e. The molecule has 0 aromatic heterocycles. The molecule has 0 aliphatic carbocycles. The summed E-state index contributed by atoms with van der Waals surface area (Å²) < 4.78 is 24.9. The van der Waals surface area contributed by atoms with E-state index in [0.717, 1.165) is 0 Å². The number of nitrogens with zero attached hydrogens (tertiary/aromatic N) is 2. The van der Waals surface area contributed by atoms with Crippen LogP contribution in [0.25, 0.3) is 10.8 Å². The van der Waals surface area contributed by atoms with Crippen molar-refractivity contribution in [3.05, 3.63) is 72.0 Å². The van der Waals surface area contributed by atoms with E-state index in [-0.39, 0.29) is 24.8 Å². The molecule has 3 aliphatic rings. The minimum absolute atomic E-state index is 0.0202. The zero-order chi connectivity index (χ0) is 26.7. The Labute approximate surface area is 217 Å². The fourth-order valence-corrected chi connectivity index (χ4v) is 6.43. The smallest absolute Gasteiger partial charge is 0.411 e. The zero-order valence-corrected chi connectivity index (χ0v) is 20.6. The molecule has 3 heterocycles. The number of fused-ring (bicyclic) bond motifs is 6. The molecule has 38 heavy (non-hydrogen) atoms. The molecule has 4 atom stereocenters. The van der Waals surface area contributed by atoms with Crippen LogP contribution in [0.4, 0.5) is 20.6 Å². The Kier molecular flexibility index (Phi) is 5.47. The van der Waals surface area contributed by atoms with Crippen molar-refractivity contribution in [2.24, 2.45) is 11.8 Å². The van der Waals surface area contributed by atoms with E-state index in [4.69, 9.17) is 9.47 Å². The Morgan fingerprint density at radius 2 is 1.79 bits per heavy atom. The average molecular weight is 514 g/mol. The maximum absolute atomic E-state index is 13.9. The number of carbonyl (C=O) groups excluding carboxylic acids is 3. The van der Waals surface area contributed by atoms with Gasteiger partial charge in [0.25, 0.3) is 0 Å². The number of amides is 3. The van der Waals surface area contributed by atoms with E-state index in [2.05, 4.69) is 11.4 Å². The number of benzene rings is 3. The highest BCUT2D eigenvalue weighted by molar-refractivity contribution is 6.26. The first-order valence-corrected chi connectivity index (χ1v) is 12.5. The SMILES string of the molecule is CC12CCC(CCOC(=O)Nc3ccc(F)cc3)(O1)[C@@H]1C(=O)N(c3ccc(C#N)c4ccccc34)C(=O)[C@@H]12. The third-order valence-electron chi connectivity index (χ3n) is 8.12. The fraction of sp³-hybridized carbons (Fsp3) is 0.310. The van der Waals surface area contributed by atoms with Crippen LogP contribution >= 0.6 is 0 Å². The van der Waals surface area contributed by atoms with E-state index < -0.39 is 34.9 Å². The van der Waals surface area contributed by atoms with Crippen molar-refractivity contribution in [2.45, 2.75) is 37.4 Å². The standard InChI is InChI=1S/C29H24FN3O5/c1-28-12-13-29(38-28,14-15-37-27(36)32-19-9-7-18(30)8-10-19)24-23(28)25(34)33(26(24)35)22-11-6-17(16-31)20-4-2-3-5-21(20)22/h2-11,23-24H,12-15H2,1H3,(H,32,36)/t23-,24+,28?,29?/m1/s1. The Balaban J connectivity index is 1.24. The molecule has 8 nitrogen and oxygen atoms in total. The first-order valence-electron chi connectivity index (χ1n) is 12.5. The summed E-state index contributed by atoms with van der Waals surface area (Å²) >= 11 is 0. The molecule has 3 saturated heterocycles. The number of ether oxygens (including phenoxy) is 2. The van der Waals surface area contributed by atoms with Gasteiger partial charge in [0, 0.05) is 22.9 Å². The molecule has 0 radical (unpaired) electrons. The van der Waals surface area contributed by atoms with Crippen molar-refractivity contribution in [2.75, 3.05) is 16.8 Å². The van der Waals surface area contributed by atoms with Gasteiger partial charge in [-0.25, -0.2) is 14.1 Å². The lowest BCUT2D eigenvalue weighted by atomic mass is 9.67. The number of hydrogen-bond acceptors (Lipinski definition) is 6. The van der Waals surface area contributed by atoms with Crippen LogP contribution in [0.15, 0.2) is 60.7 Å². The second-order valence-electron chi connectivity index (χ2n) is 10.3. The van der Waals surface area contributed by atoms with Crippen LogP contribution in [0.5, 0.6) is 0 Å². The Bertz CT molecular complexity index is 1530. The number of carbonyl (C=O) groups is 3. The summed E-state index contributed by atoms with van der Waals surface area (Å²) in [6.07, 6.45) is 0.718. The van der Waals surface area contributed by atoms with E-state index in [0.29, 0.717) is 40.6 Å².